The van der Waals surface area contributed by atoms with Crippen LogP contribution in [0.15, 0.2) is 6.07 Å². The highest BCUT2D eigenvalue weighted by Gasteiger charge is 2.33. The number of ether oxygens (including phenoxy) is 1. The van der Waals surface area contributed by atoms with Crippen molar-refractivity contribution < 1.29 is 22.8 Å². The van der Waals surface area contributed by atoms with E-state index in [0.717, 1.165) is 0 Å². The summed E-state index contributed by atoms with van der Waals surface area (Å²) < 4.78 is 39.6. The van der Waals surface area contributed by atoms with Crippen molar-refractivity contribution in [2.75, 3.05) is 0 Å². The molecular weight excluding hydrogens is 379 g/mol. The van der Waals surface area contributed by atoms with Gasteiger partial charge < -0.3 is 4.74 Å². The van der Waals surface area contributed by atoms with E-state index in [1.165, 1.54) is 22.6 Å². The Morgan fingerprint density at radius 1 is 1.59 bits per heavy atom. The van der Waals surface area contributed by atoms with Gasteiger partial charge in [0.1, 0.15) is 0 Å². The van der Waals surface area contributed by atoms with Gasteiger partial charge in [-0.2, -0.15) is 0 Å². The van der Waals surface area contributed by atoms with Gasteiger partial charge in [-0.15, -0.1) is 24.8 Å². The first-order valence-corrected chi connectivity index (χ1v) is 5.51. The Kier molecular flexibility index (Phi) is 4.36. The van der Waals surface area contributed by atoms with Crippen molar-refractivity contribution >= 4 is 39.9 Å². The van der Waals surface area contributed by atoms with E-state index in [0.29, 0.717) is 6.07 Å². The lowest BCUT2D eigenvalue weighted by Gasteiger charge is -2.11. The monoisotopic (exact) mass is 382 g/mol. The second kappa shape index (κ2) is 5.21. The van der Waals surface area contributed by atoms with E-state index < -0.39 is 22.7 Å². The molecule has 1 rings (SSSR count). The number of hydrogen-bond acceptors (Lipinski definition) is 4. The zero-order valence-corrected chi connectivity index (χ0v) is 10.7. The molecule has 0 aliphatic heterocycles. The number of aromatic nitrogens is 1. The van der Waals surface area contributed by atoms with Gasteiger partial charge in [-0.05, 0) is 22.6 Å². The number of pyridine rings is 1. The van der Waals surface area contributed by atoms with Crippen LogP contribution in [0.1, 0.15) is 5.69 Å². The lowest BCUT2D eigenvalue weighted by atomic mass is 10.3. The lowest BCUT2D eigenvalue weighted by Crippen LogP contribution is -2.18. The fourth-order valence-electron chi connectivity index (χ4n) is 0.935. The molecule has 0 saturated heterocycles. The van der Waals surface area contributed by atoms with E-state index in [2.05, 4.69) is 9.72 Å². The van der Waals surface area contributed by atoms with E-state index in [-0.39, 0.29) is 15.3 Å². The lowest BCUT2D eigenvalue weighted by molar-refractivity contribution is -0.386. The van der Waals surface area contributed by atoms with Crippen molar-refractivity contribution in [3.05, 3.63) is 25.6 Å². The summed E-state index contributed by atoms with van der Waals surface area (Å²) in [6.07, 6.45) is -4.96. The fourth-order valence-corrected chi connectivity index (χ4v) is 1.77. The number of halogens is 5. The van der Waals surface area contributed by atoms with E-state index in [1.807, 2.05) is 0 Å². The van der Waals surface area contributed by atoms with Crippen LogP contribution in [-0.2, 0) is 5.88 Å². The summed E-state index contributed by atoms with van der Waals surface area (Å²) in [5.41, 5.74) is -0.780. The third-order valence-corrected chi connectivity index (χ3v) is 2.59. The first kappa shape index (κ1) is 14.2. The number of nitrogens with zero attached hydrogens (tertiary/aromatic N) is 2. The Labute approximate surface area is 111 Å². The van der Waals surface area contributed by atoms with Crippen molar-refractivity contribution in [3.63, 3.8) is 0 Å². The molecule has 0 saturated carbocycles. The molecule has 94 valence electrons. The topological polar surface area (TPSA) is 65.3 Å². The van der Waals surface area contributed by atoms with Gasteiger partial charge >= 0.3 is 12.0 Å². The van der Waals surface area contributed by atoms with Crippen LogP contribution in [-0.4, -0.2) is 16.3 Å². The van der Waals surface area contributed by atoms with Crippen LogP contribution in [0.4, 0.5) is 18.9 Å². The molecule has 5 nitrogen and oxygen atoms in total. The Morgan fingerprint density at radius 2 is 2.18 bits per heavy atom. The van der Waals surface area contributed by atoms with Gasteiger partial charge in [0, 0.05) is 0 Å². The van der Waals surface area contributed by atoms with Crippen LogP contribution in [0.25, 0.3) is 0 Å². The Balaban J connectivity index is 3.26. The minimum atomic E-state index is -4.96. The second-order valence-electron chi connectivity index (χ2n) is 2.68. The summed E-state index contributed by atoms with van der Waals surface area (Å²) in [5.74, 6) is -1.11. The molecule has 1 aromatic rings. The first-order valence-electron chi connectivity index (χ1n) is 3.90. The molecule has 0 aromatic carbocycles. The minimum absolute atomic E-state index is 0.0576. The molecule has 0 bridgehead atoms. The molecule has 0 spiro atoms. The van der Waals surface area contributed by atoms with Gasteiger partial charge in [-0.1, -0.05) is 0 Å². The molecule has 1 aromatic heterocycles. The maximum Gasteiger partial charge on any atom is 0.573 e. The Bertz CT molecular complexity index is 455. The maximum atomic E-state index is 12.0. The van der Waals surface area contributed by atoms with Crippen molar-refractivity contribution in [2.45, 2.75) is 12.2 Å². The van der Waals surface area contributed by atoms with Gasteiger partial charge in [0.2, 0.25) is 0 Å². The quantitative estimate of drug-likeness (QED) is 0.265. The Morgan fingerprint density at radius 3 is 2.59 bits per heavy atom. The third-order valence-electron chi connectivity index (χ3n) is 1.55. The summed E-state index contributed by atoms with van der Waals surface area (Å²) in [6.45, 7) is 0. The number of alkyl halides is 4. The normalized spacial score (nSPS) is 11.4. The molecule has 1 heterocycles. The van der Waals surface area contributed by atoms with Crippen LogP contribution in [0.5, 0.6) is 5.75 Å². The van der Waals surface area contributed by atoms with Gasteiger partial charge in [0.15, 0.2) is 9.45 Å². The number of rotatable bonds is 3. The molecule has 0 fully saturated rings. The van der Waals surface area contributed by atoms with Crippen molar-refractivity contribution in [2.24, 2.45) is 0 Å². The number of hydrogen-bond donors (Lipinski definition) is 0. The second-order valence-corrected chi connectivity index (χ2v) is 3.97. The van der Waals surface area contributed by atoms with Gasteiger partial charge in [-0.3, -0.25) is 10.1 Å². The van der Waals surface area contributed by atoms with Crippen LogP contribution < -0.4 is 4.74 Å². The summed E-state index contributed by atoms with van der Waals surface area (Å²) in [5, 5.41) is 10.5. The first-order chi connectivity index (χ1) is 7.74. The SMILES string of the molecule is O=[N+]([O-])c1cc(OC(F)(F)F)c(CCl)nc1I. The summed E-state index contributed by atoms with van der Waals surface area (Å²) in [7, 11) is 0. The molecule has 0 radical (unpaired) electrons. The molecule has 17 heavy (non-hydrogen) atoms. The number of nitro groups is 1. The van der Waals surface area contributed by atoms with Crippen LogP contribution in [0.2, 0.25) is 0 Å². The third kappa shape index (κ3) is 3.84. The highest BCUT2D eigenvalue weighted by Crippen LogP contribution is 2.32. The van der Waals surface area contributed by atoms with Gasteiger partial charge in [0.05, 0.1) is 22.6 Å². The standard InChI is InChI=1S/C7H3ClF3IN2O3/c8-2-3-5(17-7(9,10)11)1-4(14(15)16)6(12)13-3/h1H,2H2. The minimum Gasteiger partial charge on any atom is -0.404 e. The molecule has 0 unspecified atom stereocenters. The molecule has 0 aliphatic carbocycles. The largest absolute Gasteiger partial charge is 0.573 e. The van der Waals surface area contributed by atoms with Crippen molar-refractivity contribution in [1.82, 2.24) is 4.98 Å². The molecule has 0 aliphatic rings. The highest BCUT2D eigenvalue weighted by molar-refractivity contribution is 14.1. The average molecular weight is 382 g/mol. The summed E-state index contributed by atoms with van der Waals surface area (Å²) in [6, 6.07) is 0.653. The summed E-state index contributed by atoms with van der Waals surface area (Å²) in [4.78, 5) is 13.3. The predicted octanol–water partition coefficient (Wildman–Crippen LogP) is 3.23. The van der Waals surface area contributed by atoms with E-state index >= 15 is 0 Å². The Hall–Kier alpha value is -0.840. The molecule has 0 N–H and O–H groups in total. The van der Waals surface area contributed by atoms with Crippen LogP contribution >= 0.6 is 34.2 Å². The molecule has 0 amide bonds. The van der Waals surface area contributed by atoms with Crippen LogP contribution in [0, 0.1) is 13.8 Å². The summed E-state index contributed by atoms with van der Waals surface area (Å²) >= 11 is 6.91. The molecule has 10 heteroatoms. The van der Waals surface area contributed by atoms with Crippen LogP contribution in [0.3, 0.4) is 0 Å². The van der Waals surface area contributed by atoms with Gasteiger partial charge in [0.25, 0.3) is 0 Å². The van der Waals surface area contributed by atoms with Gasteiger partial charge in [-0.25, -0.2) is 4.98 Å². The zero-order chi connectivity index (χ0) is 13.2. The van der Waals surface area contributed by atoms with E-state index in [4.69, 9.17) is 11.6 Å². The predicted molar refractivity (Wildman–Crippen MR) is 59.8 cm³/mol. The van der Waals surface area contributed by atoms with Crippen molar-refractivity contribution in [3.8, 4) is 5.75 Å². The molecule has 0 atom stereocenters. The van der Waals surface area contributed by atoms with E-state index in [1.54, 1.807) is 0 Å². The average Bonchev–Trinajstić information content (AvgIpc) is 2.17. The smallest absolute Gasteiger partial charge is 0.404 e. The van der Waals surface area contributed by atoms with E-state index in [9.17, 15) is 23.3 Å². The van der Waals surface area contributed by atoms with Crippen molar-refractivity contribution in [1.29, 1.82) is 0 Å². The zero-order valence-electron chi connectivity index (χ0n) is 7.79. The highest BCUT2D eigenvalue weighted by atomic mass is 127. The maximum absolute atomic E-state index is 12.0. The fraction of sp³-hybridized carbons (Fsp3) is 0.286. The molecular formula is C7H3ClF3IN2O3.